The van der Waals surface area contributed by atoms with Crippen LogP contribution in [0, 0.1) is 6.92 Å². The second-order valence-corrected chi connectivity index (χ2v) is 9.79. The Morgan fingerprint density at radius 1 is 0.912 bits per heavy atom. The van der Waals surface area contributed by atoms with E-state index in [1.165, 1.54) is 6.07 Å². The van der Waals surface area contributed by atoms with Crippen LogP contribution in [0.15, 0.2) is 77.7 Å². The van der Waals surface area contributed by atoms with Crippen LogP contribution in [0.4, 0.5) is 4.79 Å². The average molecular weight is 480 g/mol. The summed E-state index contributed by atoms with van der Waals surface area (Å²) in [6.45, 7) is 1.08. The third-order valence-corrected chi connectivity index (χ3v) is 7.46. The number of carbonyl (C=O) groups is 2. The van der Waals surface area contributed by atoms with Crippen molar-refractivity contribution >= 4 is 22.0 Å². The van der Waals surface area contributed by atoms with Gasteiger partial charge in [0.2, 0.25) is 0 Å². The van der Waals surface area contributed by atoms with E-state index in [4.69, 9.17) is 0 Å². The monoisotopic (exact) mass is 479 g/mol. The van der Waals surface area contributed by atoms with E-state index >= 15 is 0 Å². The number of carbonyl (C=O) groups excluding carboxylic acids is 2. The molecule has 0 heterocycles. The summed E-state index contributed by atoms with van der Waals surface area (Å²) in [6, 6.07) is 19.7. The maximum atomic E-state index is 13.5. The normalized spacial score (nSPS) is 13.2. The summed E-state index contributed by atoms with van der Waals surface area (Å²) in [4.78, 5) is 26.8. The second-order valence-electron chi connectivity index (χ2n) is 8.14. The van der Waals surface area contributed by atoms with Gasteiger partial charge in [-0.05, 0) is 53.6 Å². The van der Waals surface area contributed by atoms with Crippen molar-refractivity contribution in [2.24, 2.45) is 0 Å². The van der Waals surface area contributed by atoms with E-state index in [0.29, 0.717) is 5.56 Å². The van der Waals surface area contributed by atoms with Gasteiger partial charge >= 0.3 is 6.03 Å². The zero-order valence-electron chi connectivity index (χ0n) is 18.6. The summed E-state index contributed by atoms with van der Waals surface area (Å²) in [6.07, 6.45) is 1.46. The quantitative estimate of drug-likeness (QED) is 0.384. The van der Waals surface area contributed by atoms with E-state index in [1.807, 2.05) is 48.5 Å². The summed E-state index contributed by atoms with van der Waals surface area (Å²) >= 11 is 0. The van der Waals surface area contributed by atoms with Gasteiger partial charge in [0.05, 0.1) is 10.9 Å². The summed E-state index contributed by atoms with van der Waals surface area (Å²) in [5.41, 5.74) is 5.60. The van der Waals surface area contributed by atoms with Gasteiger partial charge in [0, 0.05) is 0 Å². The molecule has 0 aliphatic heterocycles. The fraction of sp³-hybridized carbons (Fsp3) is 0.200. The molecule has 0 aromatic heterocycles. The number of benzene rings is 3. The molecule has 0 radical (unpaired) electrons. The van der Waals surface area contributed by atoms with Crippen LogP contribution in [0.3, 0.4) is 0 Å². The van der Waals surface area contributed by atoms with Gasteiger partial charge in [0.1, 0.15) is 6.54 Å². The van der Waals surface area contributed by atoms with E-state index in [2.05, 4.69) is 4.72 Å². The second kappa shape index (κ2) is 9.66. The smallest absolute Gasteiger partial charge is 0.303 e. The zero-order chi connectivity index (χ0) is 24.3. The Morgan fingerprint density at radius 2 is 1.44 bits per heavy atom. The molecule has 0 saturated heterocycles. The predicted octanol–water partition coefficient (Wildman–Crippen LogP) is 3.09. The highest BCUT2D eigenvalue weighted by atomic mass is 32.2. The lowest BCUT2D eigenvalue weighted by Crippen LogP contribution is -2.49. The molecule has 1 aliphatic rings. The molecule has 8 nitrogen and oxygen atoms in total. The number of sulfonamides is 1. The number of urea groups is 1. The van der Waals surface area contributed by atoms with Crippen molar-refractivity contribution in [2.45, 2.75) is 30.7 Å². The van der Waals surface area contributed by atoms with E-state index in [-0.39, 0.29) is 4.90 Å². The molecular formula is C25H25N3O5S. The Balaban J connectivity index is 1.81. The number of aryl methyl sites for hydroxylation is 3. The van der Waals surface area contributed by atoms with Crippen LogP contribution in [0.2, 0.25) is 0 Å². The maximum absolute atomic E-state index is 13.5. The molecule has 9 heteroatoms. The molecule has 1 aliphatic carbocycles. The molecule has 34 heavy (non-hydrogen) atoms. The molecule has 0 saturated carbocycles. The van der Waals surface area contributed by atoms with Gasteiger partial charge in [-0.15, -0.1) is 0 Å². The van der Waals surface area contributed by atoms with Crippen molar-refractivity contribution in [1.29, 1.82) is 0 Å². The van der Waals surface area contributed by atoms with Crippen molar-refractivity contribution in [2.75, 3.05) is 6.54 Å². The molecule has 176 valence electrons. The number of fused-ring (bicyclic) bond motifs is 2. The van der Waals surface area contributed by atoms with Gasteiger partial charge in [-0.2, -0.15) is 0 Å². The van der Waals surface area contributed by atoms with Crippen LogP contribution < -0.4 is 10.2 Å². The zero-order valence-corrected chi connectivity index (χ0v) is 19.4. The average Bonchev–Trinajstić information content (AvgIpc) is 2.99. The van der Waals surface area contributed by atoms with E-state index in [1.54, 1.807) is 30.6 Å². The van der Waals surface area contributed by atoms with Crippen LogP contribution in [-0.4, -0.2) is 37.0 Å². The number of nitrogens with zero attached hydrogens (tertiary/aromatic N) is 1. The standard InChI is InChI=1S/C25H25N3O5S/c1-17-8-2-7-13-22(17)34(32,33)27-25(30)28(16-23(29)26-31)24-20-11-5-3-9-18(20)14-15-19-10-4-6-12-21(19)24/h2-13,24,31H,14-16H2,1H3,(H,26,29)(H,27,30). The van der Waals surface area contributed by atoms with Crippen LogP contribution in [0.5, 0.6) is 0 Å². The first-order chi connectivity index (χ1) is 16.3. The molecule has 3 aromatic rings. The molecule has 3 N–H and O–H groups in total. The molecule has 3 amide bonds. The van der Waals surface area contributed by atoms with Gasteiger partial charge in [-0.3, -0.25) is 10.0 Å². The fourth-order valence-corrected chi connectivity index (χ4v) is 5.59. The molecule has 0 atom stereocenters. The highest BCUT2D eigenvalue weighted by Gasteiger charge is 2.35. The van der Waals surface area contributed by atoms with Crippen molar-refractivity contribution in [1.82, 2.24) is 15.1 Å². The van der Waals surface area contributed by atoms with E-state index in [0.717, 1.165) is 40.0 Å². The first-order valence-electron chi connectivity index (χ1n) is 10.8. The van der Waals surface area contributed by atoms with Crippen molar-refractivity contribution in [3.8, 4) is 0 Å². The van der Waals surface area contributed by atoms with Gasteiger partial charge in [0.25, 0.3) is 15.9 Å². The van der Waals surface area contributed by atoms with Crippen molar-refractivity contribution in [3.63, 3.8) is 0 Å². The molecule has 0 fully saturated rings. The lowest BCUT2D eigenvalue weighted by molar-refractivity contribution is -0.130. The Labute approximate surface area is 198 Å². The van der Waals surface area contributed by atoms with Gasteiger partial charge < -0.3 is 4.90 Å². The summed E-state index contributed by atoms with van der Waals surface area (Å²) in [5, 5.41) is 9.18. The lowest BCUT2D eigenvalue weighted by atomic mass is 9.93. The fourth-order valence-electron chi connectivity index (χ4n) is 4.39. The minimum atomic E-state index is -4.22. The van der Waals surface area contributed by atoms with Gasteiger partial charge in [-0.1, -0.05) is 66.7 Å². The first-order valence-corrected chi connectivity index (χ1v) is 12.3. The molecule has 0 unspecified atom stereocenters. The van der Waals surface area contributed by atoms with Gasteiger partial charge in [-0.25, -0.2) is 23.4 Å². The van der Waals surface area contributed by atoms with Crippen LogP contribution >= 0.6 is 0 Å². The number of amides is 3. The largest absolute Gasteiger partial charge is 0.332 e. The number of hydrogen-bond acceptors (Lipinski definition) is 5. The topological polar surface area (TPSA) is 116 Å². The Bertz CT molecular complexity index is 1290. The summed E-state index contributed by atoms with van der Waals surface area (Å²) < 4.78 is 28.2. The van der Waals surface area contributed by atoms with Crippen molar-refractivity contribution < 1.29 is 23.2 Å². The lowest BCUT2D eigenvalue weighted by Gasteiger charge is -2.33. The molecular weight excluding hydrogens is 454 g/mol. The number of rotatable bonds is 5. The highest BCUT2D eigenvalue weighted by Crippen LogP contribution is 2.37. The highest BCUT2D eigenvalue weighted by molar-refractivity contribution is 7.90. The third kappa shape index (κ3) is 4.66. The summed E-state index contributed by atoms with van der Waals surface area (Å²) in [7, 11) is -4.22. The number of hydrogen-bond donors (Lipinski definition) is 3. The predicted molar refractivity (Wildman–Crippen MR) is 126 cm³/mol. The van der Waals surface area contributed by atoms with Crippen LogP contribution in [0.1, 0.15) is 33.9 Å². The number of nitrogens with one attached hydrogen (secondary N) is 2. The van der Waals surface area contributed by atoms with Crippen LogP contribution in [-0.2, 0) is 27.7 Å². The number of hydroxylamine groups is 1. The first kappa shape index (κ1) is 23.5. The minimum Gasteiger partial charge on any atom is -0.303 e. The minimum absolute atomic E-state index is 0.0309. The molecule has 4 rings (SSSR count). The van der Waals surface area contributed by atoms with Crippen molar-refractivity contribution in [3.05, 3.63) is 101 Å². The molecule has 0 bridgehead atoms. The van der Waals surface area contributed by atoms with Crippen LogP contribution in [0.25, 0.3) is 0 Å². The maximum Gasteiger partial charge on any atom is 0.332 e. The Hall–Kier alpha value is -3.69. The summed E-state index contributed by atoms with van der Waals surface area (Å²) in [5.74, 6) is -0.845. The van der Waals surface area contributed by atoms with E-state index in [9.17, 15) is 23.2 Å². The SMILES string of the molecule is Cc1ccccc1S(=O)(=O)NC(=O)N(CC(=O)NO)C1c2ccccc2CCc2ccccc21. The van der Waals surface area contributed by atoms with E-state index < -0.39 is 34.5 Å². The Morgan fingerprint density at radius 3 is 2.00 bits per heavy atom. The third-order valence-electron chi connectivity index (χ3n) is 5.98. The molecule has 0 spiro atoms. The Kier molecular flexibility index (Phi) is 6.67. The molecule has 3 aromatic carbocycles. The van der Waals surface area contributed by atoms with Gasteiger partial charge in [0.15, 0.2) is 0 Å².